The fourth-order valence-electron chi connectivity index (χ4n) is 6.58. The minimum Gasteiger partial charge on any atom is -0.356 e. The molecule has 2 aliphatic heterocycles. The molecule has 6 nitrogen and oxygen atoms in total. The predicted molar refractivity (Wildman–Crippen MR) is 141 cm³/mol. The summed E-state index contributed by atoms with van der Waals surface area (Å²) in [6.07, 6.45) is 13.2. The van der Waals surface area contributed by atoms with Gasteiger partial charge in [0, 0.05) is 31.1 Å². The maximum absolute atomic E-state index is 5.25. The van der Waals surface area contributed by atoms with Gasteiger partial charge in [-0.2, -0.15) is 0 Å². The van der Waals surface area contributed by atoms with Crippen molar-refractivity contribution >= 4 is 17.5 Å². The highest BCUT2D eigenvalue weighted by Gasteiger charge is 2.46. The van der Waals surface area contributed by atoms with Crippen LogP contribution in [0.25, 0.3) is 0 Å². The molecule has 2 aromatic rings. The smallest absolute Gasteiger partial charge is 0.150 e. The Bertz CT molecular complexity index is 1060. The number of hydrogen-bond acceptors (Lipinski definition) is 6. The van der Waals surface area contributed by atoms with Gasteiger partial charge >= 0.3 is 0 Å². The highest BCUT2D eigenvalue weighted by Crippen LogP contribution is 2.48. The highest BCUT2D eigenvalue weighted by molar-refractivity contribution is 5.63. The van der Waals surface area contributed by atoms with Crippen LogP contribution in [0.1, 0.15) is 93.4 Å². The molecular weight excluding hydrogens is 432 g/mol. The van der Waals surface area contributed by atoms with Crippen molar-refractivity contribution in [3.05, 3.63) is 35.3 Å². The lowest BCUT2D eigenvalue weighted by atomic mass is 9.83. The van der Waals surface area contributed by atoms with Gasteiger partial charge in [0.2, 0.25) is 0 Å². The molecule has 0 aromatic carbocycles. The molecule has 0 bridgehead atoms. The molecule has 5 aliphatic rings. The molecule has 6 heteroatoms. The summed E-state index contributed by atoms with van der Waals surface area (Å²) < 4.78 is 0. The van der Waals surface area contributed by atoms with E-state index in [0.29, 0.717) is 17.8 Å². The van der Waals surface area contributed by atoms with Crippen LogP contribution in [0.15, 0.2) is 18.5 Å². The summed E-state index contributed by atoms with van der Waals surface area (Å²) >= 11 is 0. The van der Waals surface area contributed by atoms with E-state index in [1.807, 2.05) is 12.4 Å². The number of piperidine rings is 2. The van der Waals surface area contributed by atoms with Crippen LogP contribution >= 0.6 is 0 Å². The van der Waals surface area contributed by atoms with Crippen LogP contribution in [0.3, 0.4) is 0 Å². The molecule has 0 radical (unpaired) electrons. The summed E-state index contributed by atoms with van der Waals surface area (Å²) in [6, 6.07) is 2.35. The molecule has 2 atom stereocenters. The summed E-state index contributed by atoms with van der Waals surface area (Å²) in [4.78, 5) is 19.9. The van der Waals surface area contributed by atoms with E-state index in [2.05, 4.69) is 40.0 Å². The van der Waals surface area contributed by atoms with Crippen LogP contribution in [0.2, 0.25) is 0 Å². The number of nitrogens with zero attached hydrogens (tertiary/aromatic N) is 5. The van der Waals surface area contributed by atoms with E-state index in [1.54, 1.807) is 0 Å². The zero-order valence-electron chi connectivity index (χ0n) is 21.4. The number of rotatable bonds is 8. The van der Waals surface area contributed by atoms with Gasteiger partial charge in [-0.05, 0) is 99.3 Å². The Labute approximate surface area is 209 Å². The lowest BCUT2D eigenvalue weighted by molar-refractivity contribution is 0.204. The average molecular weight is 473 g/mol. The van der Waals surface area contributed by atoms with Gasteiger partial charge in [-0.25, -0.2) is 9.97 Å². The van der Waals surface area contributed by atoms with E-state index in [1.165, 1.54) is 94.6 Å². The number of nitrogens with one attached hydrogen (secondary N) is 1. The lowest BCUT2D eigenvalue weighted by Crippen LogP contribution is -2.35. The van der Waals surface area contributed by atoms with Gasteiger partial charge in [-0.3, -0.25) is 4.98 Å². The number of aromatic nitrogens is 3. The summed E-state index contributed by atoms with van der Waals surface area (Å²) in [5.41, 5.74) is 4.16. The fraction of sp³-hybridized carbons (Fsp3) is 0.690. The zero-order valence-corrected chi connectivity index (χ0v) is 21.4. The second-order valence-electron chi connectivity index (χ2n) is 12.4. The topological polar surface area (TPSA) is 57.2 Å². The maximum atomic E-state index is 5.25. The Kier molecular flexibility index (Phi) is 5.49. The van der Waals surface area contributed by atoms with Gasteiger partial charge in [0.05, 0.1) is 18.1 Å². The monoisotopic (exact) mass is 472 g/mol. The van der Waals surface area contributed by atoms with Crippen LogP contribution in [-0.2, 0) is 0 Å². The largest absolute Gasteiger partial charge is 0.356 e. The Balaban J connectivity index is 1.19. The standard InChI is InChI=1S/C29H40N6/c1-18(2)28-24(20-7-9-34(10-8-20)15-19-3-4-19)12-26(33-29(28)35-16-22-11-23(22)17-35)32-27-14-30-25(13-31-27)21-5-6-21/h12-14,18-23H,3-11,15-17H2,1-2H3,(H,31,32,33). The number of fused-ring (bicyclic) bond motifs is 1. The van der Waals surface area contributed by atoms with Gasteiger partial charge in [0.1, 0.15) is 17.5 Å². The number of pyridine rings is 1. The molecule has 186 valence electrons. The van der Waals surface area contributed by atoms with Crippen LogP contribution in [-0.4, -0.2) is 52.6 Å². The summed E-state index contributed by atoms with van der Waals surface area (Å²) in [6.45, 7) is 10.9. The van der Waals surface area contributed by atoms with Crippen molar-refractivity contribution in [2.24, 2.45) is 17.8 Å². The third-order valence-electron chi connectivity index (χ3n) is 9.09. The van der Waals surface area contributed by atoms with Gasteiger partial charge in [0.15, 0.2) is 0 Å². The van der Waals surface area contributed by atoms with Crippen molar-refractivity contribution in [1.82, 2.24) is 19.9 Å². The van der Waals surface area contributed by atoms with Gasteiger partial charge in [0.25, 0.3) is 0 Å². The van der Waals surface area contributed by atoms with Gasteiger partial charge in [-0.15, -0.1) is 0 Å². The first-order valence-corrected chi connectivity index (χ1v) is 14.2. The predicted octanol–water partition coefficient (Wildman–Crippen LogP) is 5.66. The second-order valence-corrected chi connectivity index (χ2v) is 12.4. The molecule has 3 saturated carbocycles. The van der Waals surface area contributed by atoms with Crippen molar-refractivity contribution in [3.63, 3.8) is 0 Å². The minimum atomic E-state index is 0.473. The number of anilines is 3. The third-order valence-corrected chi connectivity index (χ3v) is 9.09. The van der Waals surface area contributed by atoms with E-state index in [0.717, 1.165) is 35.1 Å². The lowest BCUT2D eigenvalue weighted by Gasteiger charge is -2.35. The van der Waals surface area contributed by atoms with Crippen molar-refractivity contribution in [2.75, 3.05) is 42.9 Å². The zero-order chi connectivity index (χ0) is 23.5. The first kappa shape index (κ1) is 22.0. The quantitative estimate of drug-likeness (QED) is 0.535. The van der Waals surface area contributed by atoms with Gasteiger partial charge in [-0.1, -0.05) is 13.8 Å². The molecule has 7 rings (SSSR count). The molecule has 0 amide bonds. The molecule has 2 saturated heterocycles. The summed E-state index contributed by atoms with van der Waals surface area (Å²) in [5.74, 6) is 7.46. The highest BCUT2D eigenvalue weighted by atomic mass is 15.2. The third kappa shape index (κ3) is 4.66. The van der Waals surface area contributed by atoms with E-state index >= 15 is 0 Å². The average Bonchev–Trinajstić information content (AvgIpc) is 3.75. The first-order valence-electron chi connectivity index (χ1n) is 14.2. The van der Waals surface area contributed by atoms with Crippen molar-refractivity contribution < 1.29 is 0 Å². The summed E-state index contributed by atoms with van der Waals surface area (Å²) in [5, 5.41) is 3.54. The Morgan fingerprint density at radius 1 is 0.914 bits per heavy atom. The van der Waals surface area contributed by atoms with Crippen LogP contribution in [0.5, 0.6) is 0 Å². The van der Waals surface area contributed by atoms with Gasteiger partial charge < -0.3 is 15.1 Å². The molecule has 2 aromatic heterocycles. The molecule has 5 fully saturated rings. The minimum absolute atomic E-state index is 0.473. The van der Waals surface area contributed by atoms with E-state index < -0.39 is 0 Å². The fourth-order valence-corrected chi connectivity index (χ4v) is 6.58. The van der Waals surface area contributed by atoms with Crippen LogP contribution in [0.4, 0.5) is 17.5 Å². The Morgan fingerprint density at radius 2 is 1.69 bits per heavy atom. The van der Waals surface area contributed by atoms with Crippen molar-refractivity contribution in [3.8, 4) is 0 Å². The van der Waals surface area contributed by atoms with Crippen LogP contribution < -0.4 is 10.2 Å². The number of likely N-dealkylation sites (tertiary alicyclic amines) is 1. The van der Waals surface area contributed by atoms with E-state index in [-0.39, 0.29) is 0 Å². The van der Waals surface area contributed by atoms with E-state index in [9.17, 15) is 0 Å². The number of hydrogen-bond donors (Lipinski definition) is 1. The Morgan fingerprint density at radius 3 is 2.31 bits per heavy atom. The van der Waals surface area contributed by atoms with E-state index in [4.69, 9.17) is 9.97 Å². The molecular formula is C29H40N6. The molecule has 0 spiro atoms. The molecule has 35 heavy (non-hydrogen) atoms. The molecule has 3 aliphatic carbocycles. The van der Waals surface area contributed by atoms with Crippen LogP contribution in [0, 0.1) is 17.8 Å². The SMILES string of the molecule is CC(C)c1c(C2CCN(CC3CC3)CC2)cc(Nc2cnc(C3CC3)cn2)nc1N1CC2CC2C1. The maximum Gasteiger partial charge on any atom is 0.150 e. The van der Waals surface area contributed by atoms with Crippen molar-refractivity contribution in [2.45, 2.75) is 76.5 Å². The molecule has 1 N–H and O–H groups in total. The second kappa shape index (κ2) is 8.72. The summed E-state index contributed by atoms with van der Waals surface area (Å²) in [7, 11) is 0. The normalized spacial score (nSPS) is 26.9. The Hall–Kier alpha value is -2.21. The molecule has 4 heterocycles. The molecule has 2 unspecified atom stereocenters. The first-order chi connectivity index (χ1) is 17.1. The van der Waals surface area contributed by atoms with Crippen molar-refractivity contribution in [1.29, 1.82) is 0 Å².